The minimum atomic E-state index is 0.275. The Balaban J connectivity index is 3.76. The van der Waals surface area contributed by atoms with E-state index in [1.165, 1.54) is 5.49 Å². The van der Waals surface area contributed by atoms with E-state index in [2.05, 4.69) is 17.5 Å². The van der Waals surface area contributed by atoms with Crippen LogP contribution in [0.25, 0.3) is 0 Å². The molecule has 0 saturated heterocycles. The molecule has 1 unspecified atom stereocenters. The van der Waals surface area contributed by atoms with Crippen LogP contribution >= 0.6 is 12.2 Å². The van der Waals surface area contributed by atoms with E-state index < -0.39 is 0 Å². The van der Waals surface area contributed by atoms with Crippen LogP contribution in [0.5, 0.6) is 0 Å². The van der Waals surface area contributed by atoms with E-state index in [1.807, 2.05) is 25.1 Å². The lowest BCUT2D eigenvalue weighted by molar-refractivity contribution is 0.349. The summed E-state index contributed by atoms with van der Waals surface area (Å²) >= 11 is 4.57. The number of hydrogen-bond acceptors (Lipinski definition) is 3. The van der Waals surface area contributed by atoms with Crippen LogP contribution in [0.15, 0.2) is 12.3 Å². The summed E-state index contributed by atoms with van der Waals surface area (Å²) in [5.41, 5.74) is 6.96. The van der Waals surface area contributed by atoms with E-state index in [0.29, 0.717) is 6.54 Å². The molecule has 11 heavy (non-hydrogen) atoms. The molecule has 0 amide bonds. The van der Waals surface area contributed by atoms with E-state index in [4.69, 9.17) is 5.73 Å². The van der Waals surface area contributed by atoms with Crippen molar-refractivity contribution in [3.05, 3.63) is 12.3 Å². The van der Waals surface area contributed by atoms with Gasteiger partial charge in [-0.25, -0.2) is 0 Å². The number of thiocarbonyl (C=S) groups is 1. The Morgan fingerprint density at radius 1 is 1.64 bits per heavy atom. The molecule has 0 rings (SSSR count). The third kappa shape index (κ3) is 4.89. The van der Waals surface area contributed by atoms with Crippen molar-refractivity contribution < 1.29 is 0 Å². The minimum absolute atomic E-state index is 0.275. The molecule has 0 bridgehead atoms. The van der Waals surface area contributed by atoms with Gasteiger partial charge in [-0.05, 0) is 20.3 Å². The summed E-state index contributed by atoms with van der Waals surface area (Å²) in [6.45, 7) is 0.614. The highest BCUT2D eigenvalue weighted by Crippen LogP contribution is 1.90. The molecule has 4 heteroatoms. The van der Waals surface area contributed by atoms with Crippen LogP contribution in [-0.2, 0) is 0 Å². The van der Waals surface area contributed by atoms with Crippen LogP contribution in [0.2, 0.25) is 0 Å². The molecule has 1 atom stereocenters. The molecule has 0 saturated carbocycles. The third-order valence-corrected chi connectivity index (χ3v) is 1.52. The summed E-state index contributed by atoms with van der Waals surface area (Å²) in [4.78, 5) is 2.04. The third-order valence-electron chi connectivity index (χ3n) is 1.39. The van der Waals surface area contributed by atoms with Crippen LogP contribution in [0.4, 0.5) is 0 Å². The molecule has 0 aromatic carbocycles. The van der Waals surface area contributed by atoms with Gasteiger partial charge >= 0.3 is 0 Å². The summed E-state index contributed by atoms with van der Waals surface area (Å²) < 4.78 is 0. The monoisotopic (exact) mass is 173 g/mol. The van der Waals surface area contributed by atoms with Crippen molar-refractivity contribution in [1.82, 2.24) is 10.2 Å². The van der Waals surface area contributed by atoms with Crippen molar-refractivity contribution in [2.24, 2.45) is 5.73 Å². The lowest BCUT2D eigenvalue weighted by atomic mass is 10.3. The average molecular weight is 173 g/mol. The van der Waals surface area contributed by atoms with Crippen LogP contribution in [0, 0.1) is 0 Å². The molecule has 0 heterocycles. The van der Waals surface area contributed by atoms with E-state index in [1.54, 1.807) is 6.20 Å². The van der Waals surface area contributed by atoms with Gasteiger partial charge in [-0.2, -0.15) is 0 Å². The van der Waals surface area contributed by atoms with Gasteiger partial charge in [-0.1, -0.05) is 18.3 Å². The minimum Gasteiger partial charge on any atom is -0.359 e. The molecule has 0 aliphatic heterocycles. The van der Waals surface area contributed by atoms with E-state index in [0.717, 1.165) is 0 Å². The average Bonchev–Trinajstić information content (AvgIpc) is 1.97. The fourth-order valence-corrected chi connectivity index (χ4v) is 0.746. The molecule has 3 nitrogen and oxygen atoms in total. The Kier molecular flexibility index (Phi) is 6.02. The number of rotatable bonds is 5. The summed E-state index contributed by atoms with van der Waals surface area (Å²) in [7, 11) is 3.97. The van der Waals surface area contributed by atoms with Crippen molar-refractivity contribution >= 4 is 17.7 Å². The molecule has 0 spiro atoms. The largest absolute Gasteiger partial charge is 0.359 e. The van der Waals surface area contributed by atoms with Crippen LogP contribution < -0.4 is 11.1 Å². The molecule has 0 aromatic heterocycles. The maximum Gasteiger partial charge on any atom is 0.0654 e. The van der Waals surface area contributed by atoms with E-state index in [9.17, 15) is 0 Å². The molecular formula is C7H15N3S. The van der Waals surface area contributed by atoms with Gasteiger partial charge in [0.2, 0.25) is 0 Å². The highest BCUT2D eigenvalue weighted by molar-refractivity contribution is 7.78. The normalized spacial score (nSPS) is 13.8. The summed E-state index contributed by atoms with van der Waals surface area (Å²) in [5.74, 6) is 0. The Labute approximate surface area is 73.2 Å². The predicted octanol–water partition coefficient (Wildman–Crippen LogP) is -0.0642. The zero-order chi connectivity index (χ0) is 8.69. The highest BCUT2D eigenvalue weighted by Gasteiger charge is 2.02. The topological polar surface area (TPSA) is 41.3 Å². The summed E-state index contributed by atoms with van der Waals surface area (Å²) in [6, 6.07) is 0.275. The predicted molar refractivity (Wildman–Crippen MR) is 52.5 cm³/mol. The molecule has 3 N–H and O–H groups in total. The van der Waals surface area contributed by atoms with E-state index in [-0.39, 0.29) is 6.04 Å². The molecule has 0 fully saturated rings. The molecule has 0 radical (unpaired) electrons. The highest BCUT2D eigenvalue weighted by atomic mass is 32.1. The van der Waals surface area contributed by atoms with Gasteiger partial charge in [0.25, 0.3) is 0 Å². The first-order valence-corrected chi connectivity index (χ1v) is 3.92. The standard InChI is InChI=1S/C7H15N3S/c1-10(2)7(5-8)3-4-9-6-11/h3-4,6-7H,5,8H2,1-2H3,(H,9,11)/b4-3+. The number of hydrogen-bond donors (Lipinski definition) is 2. The zero-order valence-electron chi connectivity index (χ0n) is 6.95. The fourth-order valence-electron chi connectivity index (χ4n) is 0.667. The molecule has 64 valence electrons. The maximum atomic E-state index is 5.50. The Hall–Kier alpha value is -0.450. The number of nitrogens with zero attached hydrogens (tertiary/aromatic N) is 1. The first kappa shape index (κ1) is 10.6. The second-order valence-electron chi connectivity index (χ2n) is 2.41. The Bertz CT molecular complexity index is 134. The smallest absolute Gasteiger partial charge is 0.0654 e. The van der Waals surface area contributed by atoms with Gasteiger partial charge in [0, 0.05) is 12.6 Å². The van der Waals surface area contributed by atoms with Crippen molar-refractivity contribution in [2.45, 2.75) is 6.04 Å². The van der Waals surface area contributed by atoms with Crippen LogP contribution in [-0.4, -0.2) is 37.1 Å². The first-order chi connectivity index (χ1) is 5.22. The molecular weight excluding hydrogens is 158 g/mol. The van der Waals surface area contributed by atoms with Gasteiger partial charge in [0.1, 0.15) is 0 Å². The SMILES string of the molecule is CN(C)C(/C=C/NC=S)CN. The van der Waals surface area contributed by atoms with Gasteiger partial charge in [0.15, 0.2) is 0 Å². The number of nitrogens with one attached hydrogen (secondary N) is 1. The number of nitrogens with two attached hydrogens (primary N) is 1. The van der Waals surface area contributed by atoms with Gasteiger partial charge in [-0.3, -0.25) is 0 Å². The molecule has 0 aliphatic carbocycles. The maximum absolute atomic E-state index is 5.50. The quantitative estimate of drug-likeness (QED) is 0.571. The fraction of sp³-hybridized carbons (Fsp3) is 0.571. The second kappa shape index (κ2) is 6.27. The summed E-state index contributed by atoms with van der Waals surface area (Å²) in [6.07, 6.45) is 3.77. The van der Waals surface area contributed by atoms with Crippen LogP contribution in [0.3, 0.4) is 0 Å². The van der Waals surface area contributed by atoms with Crippen molar-refractivity contribution in [3.63, 3.8) is 0 Å². The summed E-state index contributed by atoms with van der Waals surface area (Å²) in [5, 5.41) is 2.79. The van der Waals surface area contributed by atoms with Gasteiger partial charge < -0.3 is 16.0 Å². The Morgan fingerprint density at radius 3 is 2.64 bits per heavy atom. The second-order valence-corrected chi connectivity index (χ2v) is 2.65. The van der Waals surface area contributed by atoms with Crippen LogP contribution in [0.1, 0.15) is 0 Å². The Morgan fingerprint density at radius 2 is 2.27 bits per heavy atom. The number of likely N-dealkylation sites (N-methyl/N-ethyl adjacent to an activating group) is 1. The lowest BCUT2D eigenvalue weighted by Gasteiger charge is -2.18. The molecule has 0 aromatic rings. The lowest BCUT2D eigenvalue weighted by Crippen LogP contribution is -2.33. The first-order valence-electron chi connectivity index (χ1n) is 3.45. The zero-order valence-corrected chi connectivity index (χ0v) is 7.77. The van der Waals surface area contributed by atoms with E-state index >= 15 is 0 Å². The van der Waals surface area contributed by atoms with Gasteiger partial charge in [-0.15, -0.1) is 0 Å². The van der Waals surface area contributed by atoms with Crippen molar-refractivity contribution in [1.29, 1.82) is 0 Å². The molecule has 0 aliphatic rings. The van der Waals surface area contributed by atoms with Crippen molar-refractivity contribution in [3.8, 4) is 0 Å². The van der Waals surface area contributed by atoms with Gasteiger partial charge in [0.05, 0.1) is 5.49 Å². The van der Waals surface area contributed by atoms with Crippen molar-refractivity contribution in [2.75, 3.05) is 20.6 Å².